The summed E-state index contributed by atoms with van der Waals surface area (Å²) in [4.78, 5) is 4.12. The Morgan fingerprint density at radius 3 is 2.60 bits per heavy atom. The summed E-state index contributed by atoms with van der Waals surface area (Å²) in [5.41, 5.74) is 0. The van der Waals surface area contributed by atoms with Gasteiger partial charge in [0.2, 0.25) is 0 Å². The molecule has 0 saturated heterocycles. The largest absolute Gasteiger partial charge is 0.312 e. The molecular weight excluding hydrogens is 135 g/mol. The number of nitrogens with one attached hydrogen (secondary N) is 1. The molecule has 3 nitrogen and oxygen atoms in total. The minimum atomic E-state index is -1.01. The minimum Gasteiger partial charge on any atom is -0.312 e. The van der Waals surface area contributed by atoms with E-state index in [2.05, 4.69) is 16.1 Å². The van der Waals surface area contributed by atoms with Crippen LogP contribution < -0.4 is 11.2 Å². The van der Waals surface area contributed by atoms with E-state index >= 15 is 0 Å². The van der Waals surface area contributed by atoms with Gasteiger partial charge >= 0.3 is 0 Å². The molecule has 0 rings (SSSR count). The van der Waals surface area contributed by atoms with Gasteiger partial charge in [0.25, 0.3) is 0 Å². The maximum atomic E-state index is 12.5. The fraction of sp³-hybridized carbons (Fsp3) is 1.00. The maximum absolute atomic E-state index is 12.5. The van der Waals surface area contributed by atoms with E-state index in [0.717, 1.165) is 0 Å². The third-order valence-electron chi connectivity index (χ3n) is 1.02. The molecule has 0 aliphatic carbocycles. The van der Waals surface area contributed by atoms with Crippen molar-refractivity contribution in [3.05, 3.63) is 0 Å². The van der Waals surface area contributed by atoms with Gasteiger partial charge in [0.05, 0.1) is 0 Å². The summed E-state index contributed by atoms with van der Waals surface area (Å²) in [6, 6.07) is 0.302. The molecule has 4 heteroatoms. The second-order valence-corrected chi connectivity index (χ2v) is 2.49. The minimum absolute atomic E-state index is 0.0419. The Bertz CT molecular complexity index is 80.1. The zero-order chi connectivity index (χ0) is 7.98. The number of hydrogen-bond donors (Lipinski definition) is 2. The molecule has 0 heterocycles. The van der Waals surface area contributed by atoms with Gasteiger partial charge in [-0.15, -0.1) is 0 Å². The Balaban J connectivity index is 3.12. The van der Waals surface area contributed by atoms with E-state index in [0.29, 0.717) is 12.6 Å². The number of halogens is 1. The van der Waals surface area contributed by atoms with Crippen LogP contribution in [-0.4, -0.2) is 25.4 Å². The van der Waals surface area contributed by atoms with Gasteiger partial charge in [0.15, 0.2) is 0 Å². The van der Waals surface area contributed by atoms with Crippen molar-refractivity contribution in [3.63, 3.8) is 0 Å². The van der Waals surface area contributed by atoms with Gasteiger partial charge in [-0.3, -0.25) is 0 Å². The molecule has 0 aromatic heterocycles. The monoisotopic (exact) mass is 150 g/mol. The third-order valence-corrected chi connectivity index (χ3v) is 1.02. The molecule has 0 saturated carbocycles. The number of nitrogens with two attached hydrogens (primary N) is 1. The standard InChI is InChI=1S/C6H15FN2O/c1-5(2)9-3-6(7)4-10-8/h5-6,9H,3-4,8H2,1-2H3. The zero-order valence-electron chi connectivity index (χ0n) is 6.43. The molecule has 0 aromatic rings. The average Bonchev–Trinajstić information content (AvgIpc) is 1.85. The highest BCUT2D eigenvalue weighted by Crippen LogP contribution is 1.88. The Hall–Kier alpha value is -0.190. The molecule has 0 aliphatic rings. The van der Waals surface area contributed by atoms with Crippen molar-refractivity contribution in [2.45, 2.75) is 26.1 Å². The van der Waals surface area contributed by atoms with Gasteiger partial charge in [0.1, 0.15) is 12.8 Å². The summed E-state index contributed by atoms with van der Waals surface area (Å²) in [6.45, 7) is 4.17. The number of alkyl halides is 1. The highest BCUT2D eigenvalue weighted by Gasteiger charge is 2.05. The fourth-order valence-electron chi connectivity index (χ4n) is 0.527. The molecule has 0 aliphatic heterocycles. The van der Waals surface area contributed by atoms with Crippen LogP contribution in [0.1, 0.15) is 13.8 Å². The first-order chi connectivity index (χ1) is 4.66. The summed E-state index contributed by atoms with van der Waals surface area (Å²) in [6.07, 6.45) is -1.01. The van der Waals surface area contributed by atoms with Crippen molar-refractivity contribution in [1.29, 1.82) is 0 Å². The van der Waals surface area contributed by atoms with E-state index in [1.54, 1.807) is 0 Å². The van der Waals surface area contributed by atoms with Crippen LogP contribution in [-0.2, 0) is 4.84 Å². The van der Waals surface area contributed by atoms with Gasteiger partial charge in [-0.1, -0.05) is 13.8 Å². The lowest BCUT2D eigenvalue weighted by molar-refractivity contribution is 0.0806. The molecular formula is C6H15FN2O. The van der Waals surface area contributed by atoms with Crippen molar-refractivity contribution >= 4 is 0 Å². The third kappa shape index (κ3) is 5.94. The first kappa shape index (κ1) is 9.81. The van der Waals surface area contributed by atoms with Crippen LogP contribution in [0.25, 0.3) is 0 Å². The topological polar surface area (TPSA) is 47.3 Å². The molecule has 1 atom stereocenters. The normalized spacial score (nSPS) is 14.1. The smallest absolute Gasteiger partial charge is 0.138 e. The van der Waals surface area contributed by atoms with Crippen molar-refractivity contribution in [2.75, 3.05) is 13.2 Å². The second-order valence-electron chi connectivity index (χ2n) is 2.49. The summed E-state index contributed by atoms with van der Waals surface area (Å²) < 4.78 is 12.5. The van der Waals surface area contributed by atoms with E-state index in [-0.39, 0.29) is 6.61 Å². The van der Waals surface area contributed by atoms with Gasteiger partial charge in [0, 0.05) is 12.6 Å². The Morgan fingerprint density at radius 1 is 1.60 bits per heavy atom. The highest BCUT2D eigenvalue weighted by molar-refractivity contribution is 4.60. The lowest BCUT2D eigenvalue weighted by atomic mass is 10.3. The summed E-state index contributed by atoms with van der Waals surface area (Å²) >= 11 is 0. The van der Waals surface area contributed by atoms with Crippen LogP contribution in [0.3, 0.4) is 0 Å². The first-order valence-electron chi connectivity index (χ1n) is 3.36. The molecule has 10 heavy (non-hydrogen) atoms. The Morgan fingerprint density at radius 2 is 2.20 bits per heavy atom. The van der Waals surface area contributed by atoms with E-state index in [9.17, 15) is 4.39 Å². The van der Waals surface area contributed by atoms with E-state index in [1.165, 1.54) is 0 Å². The summed E-state index contributed by atoms with van der Waals surface area (Å²) in [7, 11) is 0. The SMILES string of the molecule is CC(C)NCC(F)CON. The number of hydrogen-bond acceptors (Lipinski definition) is 3. The quantitative estimate of drug-likeness (QED) is 0.551. The van der Waals surface area contributed by atoms with Gasteiger partial charge < -0.3 is 10.2 Å². The van der Waals surface area contributed by atoms with Crippen LogP contribution in [0.15, 0.2) is 0 Å². The molecule has 0 amide bonds. The van der Waals surface area contributed by atoms with E-state index in [1.807, 2.05) is 13.8 Å². The molecule has 0 radical (unpaired) electrons. The fourth-order valence-corrected chi connectivity index (χ4v) is 0.527. The lowest BCUT2D eigenvalue weighted by Crippen LogP contribution is -2.32. The summed E-state index contributed by atoms with van der Waals surface area (Å²) in [5.74, 6) is 4.67. The molecule has 62 valence electrons. The predicted octanol–water partition coefficient (Wildman–Crippen LogP) is 0.213. The molecule has 3 N–H and O–H groups in total. The Labute approximate surface area is 60.7 Å². The van der Waals surface area contributed by atoms with Crippen LogP contribution in [0.4, 0.5) is 4.39 Å². The molecule has 0 bridgehead atoms. The predicted molar refractivity (Wildman–Crippen MR) is 38.2 cm³/mol. The highest BCUT2D eigenvalue weighted by atomic mass is 19.1. The summed E-state index contributed by atoms with van der Waals surface area (Å²) in [5, 5.41) is 2.92. The van der Waals surface area contributed by atoms with E-state index < -0.39 is 6.17 Å². The van der Waals surface area contributed by atoms with Gasteiger partial charge in [-0.05, 0) is 0 Å². The van der Waals surface area contributed by atoms with Crippen molar-refractivity contribution in [2.24, 2.45) is 5.90 Å². The lowest BCUT2D eigenvalue weighted by Gasteiger charge is -2.10. The van der Waals surface area contributed by atoms with Crippen LogP contribution >= 0.6 is 0 Å². The molecule has 0 spiro atoms. The number of rotatable bonds is 5. The van der Waals surface area contributed by atoms with Crippen molar-refractivity contribution < 1.29 is 9.23 Å². The van der Waals surface area contributed by atoms with Crippen molar-refractivity contribution in [1.82, 2.24) is 5.32 Å². The van der Waals surface area contributed by atoms with Crippen LogP contribution in [0.2, 0.25) is 0 Å². The van der Waals surface area contributed by atoms with Gasteiger partial charge in [-0.25, -0.2) is 10.3 Å². The van der Waals surface area contributed by atoms with E-state index in [4.69, 9.17) is 0 Å². The average molecular weight is 150 g/mol. The van der Waals surface area contributed by atoms with Crippen LogP contribution in [0, 0.1) is 0 Å². The zero-order valence-corrected chi connectivity index (χ0v) is 6.43. The molecule has 0 aromatic carbocycles. The molecule has 1 unspecified atom stereocenters. The first-order valence-corrected chi connectivity index (χ1v) is 3.36. The maximum Gasteiger partial charge on any atom is 0.138 e. The molecule has 0 fully saturated rings. The second kappa shape index (κ2) is 5.58. The van der Waals surface area contributed by atoms with Crippen LogP contribution in [0.5, 0.6) is 0 Å². The van der Waals surface area contributed by atoms with Gasteiger partial charge in [-0.2, -0.15) is 0 Å². The van der Waals surface area contributed by atoms with Crippen molar-refractivity contribution in [3.8, 4) is 0 Å². The Kier molecular flexibility index (Phi) is 5.48.